The molecule has 0 spiro atoms. The monoisotopic (exact) mass is 891 g/mol. The van der Waals surface area contributed by atoms with Gasteiger partial charge in [0, 0.05) is 38.6 Å². The zero-order valence-electron chi connectivity index (χ0n) is 38.4. The van der Waals surface area contributed by atoms with E-state index in [0.29, 0.717) is 11.5 Å². The summed E-state index contributed by atoms with van der Waals surface area (Å²) in [6.45, 7) is 20.5. The topological polar surface area (TPSA) is 140 Å². The van der Waals surface area contributed by atoms with Crippen LogP contribution < -0.4 is 20.7 Å². The third kappa shape index (κ3) is 11.9. The molecule has 0 radical (unpaired) electrons. The smallest absolute Gasteiger partial charge is 0.330 e. The normalized spacial score (nSPS) is 19.0. The van der Waals surface area contributed by atoms with Gasteiger partial charge in [0.05, 0.1) is 26.2 Å². The minimum Gasteiger partial charge on any atom is -0.497 e. The number of methoxy groups -OCH3 is 2. The fourth-order valence-corrected chi connectivity index (χ4v) is 13.0. The van der Waals surface area contributed by atoms with E-state index in [9.17, 15) is 14.4 Å². The molecule has 338 valence electrons. The second-order valence-electron chi connectivity index (χ2n) is 18.4. The van der Waals surface area contributed by atoms with E-state index in [0.717, 1.165) is 28.9 Å². The molecule has 1 aromatic heterocycles. The van der Waals surface area contributed by atoms with Crippen molar-refractivity contribution in [2.45, 2.75) is 116 Å². The molecule has 1 saturated heterocycles. The van der Waals surface area contributed by atoms with E-state index in [4.69, 9.17) is 32.9 Å². The molecule has 2 heterocycles. The number of carbonyl (C=O) groups is 1. The Bertz CT molecular complexity index is 2100. The van der Waals surface area contributed by atoms with E-state index in [1.807, 2.05) is 78.9 Å². The fourth-order valence-electron chi connectivity index (χ4n) is 7.57. The zero-order chi connectivity index (χ0) is 45.4. The van der Waals surface area contributed by atoms with Crippen LogP contribution in [0.2, 0.25) is 25.7 Å². The number of nitrogens with one attached hydrogen (secondary N) is 1. The lowest BCUT2D eigenvalue weighted by Crippen LogP contribution is -2.44. The van der Waals surface area contributed by atoms with Crippen LogP contribution in [0.5, 0.6) is 11.5 Å². The van der Waals surface area contributed by atoms with Crippen molar-refractivity contribution in [2.24, 2.45) is 5.41 Å². The van der Waals surface area contributed by atoms with Gasteiger partial charge in [0.1, 0.15) is 43.7 Å². The van der Waals surface area contributed by atoms with Crippen LogP contribution in [0.1, 0.15) is 71.4 Å². The number of hydrogen-bond donors (Lipinski definition) is 1. The minimum atomic E-state index is -1.55. The summed E-state index contributed by atoms with van der Waals surface area (Å²) >= 11 is 0. The molecular weight excluding hydrogens is 826 g/mol. The largest absolute Gasteiger partial charge is 0.497 e. The predicted molar refractivity (Wildman–Crippen MR) is 246 cm³/mol. The first kappa shape index (κ1) is 48.9. The number of aromatic amines is 1. The van der Waals surface area contributed by atoms with Crippen molar-refractivity contribution < 1.29 is 37.7 Å². The molecule has 13 nitrogen and oxygen atoms in total. The molecule has 0 amide bonds. The number of nitrogens with zero attached hydrogens (tertiary/aromatic N) is 2. The Labute approximate surface area is 368 Å². The van der Waals surface area contributed by atoms with Crippen LogP contribution in [-0.2, 0) is 33.9 Å². The van der Waals surface area contributed by atoms with Gasteiger partial charge in [-0.15, -0.1) is 0 Å². The molecule has 1 aliphatic rings. The third-order valence-electron chi connectivity index (χ3n) is 10.7. The number of esters is 1. The lowest BCUT2D eigenvalue weighted by atomic mass is 9.80. The molecule has 15 heteroatoms. The average Bonchev–Trinajstić information content (AvgIpc) is 3.55. The second kappa shape index (κ2) is 21.0. The Morgan fingerprint density at radius 3 is 1.85 bits per heavy atom. The highest BCUT2D eigenvalue weighted by molar-refractivity contribution is 7.50. The van der Waals surface area contributed by atoms with Gasteiger partial charge in [-0.2, -0.15) is 0 Å². The molecular formula is C47H66N3O10PSi. The summed E-state index contributed by atoms with van der Waals surface area (Å²) in [4.78, 5) is 41.3. The number of aromatic nitrogens is 2. The van der Waals surface area contributed by atoms with E-state index >= 15 is 0 Å². The molecule has 0 aliphatic carbocycles. The van der Waals surface area contributed by atoms with Gasteiger partial charge in [-0.05, 0) is 89.4 Å². The number of hydrogen-bond acceptors (Lipinski definition) is 11. The number of ether oxygens (including phenoxy) is 6. The highest BCUT2D eigenvalue weighted by atomic mass is 31.2. The SMILES string of the molecule is COc1ccc(C(OC[C@H]2O[C@@H](n3ccc(=O)[nH]c3=O)[C@H](OCOC(=O)C(C)(C)C)[C@@H]2OP(CC[Si](C)(C)C)N(C(C)C)C(C)C)(c2ccccc2)c2ccc(OC)cc2)cc1. The quantitative estimate of drug-likeness (QED) is 0.0300. The number of H-pyrrole nitrogens is 1. The van der Waals surface area contributed by atoms with Gasteiger partial charge in [0.25, 0.3) is 5.56 Å². The van der Waals surface area contributed by atoms with Crippen molar-refractivity contribution in [1.29, 1.82) is 0 Å². The van der Waals surface area contributed by atoms with Gasteiger partial charge < -0.3 is 32.9 Å². The average molecular weight is 892 g/mol. The predicted octanol–water partition coefficient (Wildman–Crippen LogP) is 8.55. The Hall–Kier alpha value is -4.14. The minimum absolute atomic E-state index is 0.0472. The van der Waals surface area contributed by atoms with Crippen molar-refractivity contribution in [3.8, 4) is 11.5 Å². The first-order chi connectivity index (χ1) is 29.3. The first-order valence-electron chi connectivity index (χ1n) is 21.3. The summed E-state index contributed by atoms with van der Waals surface area (Å²) in [5, 5.41) is 0. The van der Waals surface area contributed by atoms with Gasteiger partial charge >= 0.3 is 11.7 Å². The molecule has 0 bridgehead atoms. The summed E-state index contributed by atoms with van der Waals surface area (Å²) in [6.07, 6.45) is -1.62. The molecule has 5 atom stereocenters. The van der Waals surface area contributed by atoms with E-state index in [1.54, 1.807) is 35.0 Å². The zero-order valence-corrected chi connectivity index (χ0v) is 40.3. The maximum atomic E-state index is 13.6. The molecule has 4 aromatic rings. The van der Waals surface area contributed by atoms with Crippen molar-refractivity contribution in [2.75, 3.05) is 33.8 Å². The van der Waals surface area contributed by atoms with Crippen LogP contribution in [0.3, 0.4) is 0 Å². The lowest BCUT2D eigenvalue weighted by molar-refractivity contribution is -0.178. The Balaban J connectivity index is 1.70. The number of rotatable bonds is 20. The summed E-state index contributed by atoms with van der Waals surface area (Å²) < 4.78 is 48.8. The lowest BCUT2D eigenvalue weighted by Gasteiger charge is -2.41. The summed E-state index contributed by atoms with van der Waals surface area (Å²) in [7, 11) is 0.411. The third-order valence-corrected chi connectivity index (χ3v) is 15.4. The Morgan fingerprint density at radius 1 is 0.823 bits per heavy atom. The fraction of sp³-hybridized carbons (Fsp3) is 0.511. The van der Waals surface area contributed by atoms with E-state index < -0.39 is 75.9 Å². The molecule has 1 unspecified atom stereocenters. The van der Waals surface area contributed by atoms with Crippen LogP contribution in [-0.4, -0.2) is 92.4 Å². The first-order valence-corrected chi connectivity index (χ1v) is 26.4. The van der Waals surface area contributed by atoms with Gasteiger partial charge in [-0.1, -0.05) is 80.3 Å². The summed E-state index contributed by atoms with van der Waals surface area (Å²) in [5.74, 6) is 0.915. The molecule has 1 N–H and O–H groups in total. The highest BCUT2D eigenvalue weighted by Gasteiger charge is 2.51. The summed E-state index contributed by atoms with van der Waals surface area (Å²) in [6, 6.07) is 28.0. The van der Waals surface area contributed by atoms with Gasteiger partial charge in [0.15, 0.2) is 13.0 Å². The van der Waals surface area contributed by atoms with E-state index in [-0.39, 0.29) is 18.7 Å². The van der Waals surface area contributed by atoms with Crippen molar-refractivity contribution >= 4 is 22.3 Å². The molecule has 1 aliphatic heterocycles. The molecule has 0 saturated carbocycles. The van der Waals surface area contributed by atoms with Crippen LogP contribution in [0.15, 0.2) is 101 Å². The van der Waals surface area contributed by atoms with Gasteiger partial charge in [-0.25, -0.2) is 4.79 Å². The van der Waals surface area contributed by atoms with E-state index in [2.05, 4.69) is 57.0 Å². The Morgan fingerprint density at radius 2 is 1.37 bits per heavy atom. The van der Waals surface area contributed by atoms with Gasteiger partial charge in [-0.3, -0.25) is 23.8 Å². The van der Waals surface area contributed by atoms with Crippen LogP contribution in [0.4, 0.5) is 0 Å². The molecule has 5 rings (SSSR count). The Kier molecular flexibility index (Phi) is 16.6. The number of carbonyl (C=O) groups excluding carboxylic acids is 1. The summed E-state index contributed by atoms with van der Waals surface area (Å²) in [5.41, 5.74) is -0.744. The van der Waals surface area contributed by atoms with Crippen LogP contribution in [0.25, 0.3) is 0 Å². The molecule has 1 fully saturated rings. The molecule has 62 heavy (non-hydrogen) atoms. The highest BCUT2D eigenvalue weighted by Crippen LogP contribution is 2.51. The maximum Gasteiger partial charge on any atom is 0.330 e. The maximum absolute atomic E-state index is 13.6. The van der Waals surface area contributed by atoms with Gasteiger partial charge in [0.2, 0.25) is 0 Å². The molecule has 3 aromatic carbocycles. The standard InChI is InChI=1S/C47H66N3O10PSi/c1-32(2)50(33(3)4)61(28-29-62(10,11)12)60-41-39(59-43(49-27-26-40(51)48-45(49)53)42(41)56-31-57-44(52)46(5,6)7)30-58-47(34-16-14-13-15-17-34,35-18-22-37(54-8)23-19-35)36-20-24-38(55-9)25-21-36/h13-27,32-33,39,41-43H,28-31H2,1-12H3,(H,48,51,53)/t39-,41-,42-,43-,61?/m1/s1. The number of benzene rings is 3. The van der Waals surface area contributed by atoms with E-state index in [1.165, 1.54) is 16.8 Å². The second-order valence-corrected chi connectivity index (χ2v) is 25.8. The van der Waals surface area contributed by atoms with Crippen LogP contribution >= 0.6 is 8.30 Å². The van der Waals surface area contributed by atoms with Crippen molar-refractivity contribution in [1.82, 2.24) is 14.2 Å². The van der Waals surface area contributed by atoms with Crippen LogP contribution in [0, 0.1) is 5.41 Å². The van der Waals surface area contributed by atoms with Crippen molar-refractivity contribution in [3.05, 3.63) is 129 Å². The van der Waals surface area contributed by atoms with Crippen molar-refractivity contribution in [3.63, 3.8) is 0 Å².